The normalized spacial score (nSPS) is 11.5. The van der Waals surface area contributed by atoms with Crippen molar-refractivity contribution in [2.45, 2.75) is 20.8 Å². The minimum atomic E-state index is 0.128. The number of hydrazine groups is 1. The van der Waals surface area contributed by atoms with Crippen LogP contribution in [0.3, 0.4) is 0 Å². The maximum absolute atomic E-state index is 5.94. The van der Waals surface area contributed by atoms with E-state index in [1.54, 1.807) is 17.1 Å². The van der Waals surface area contributed by atoms with E-state index in [1.165, 1.54) is 0 Å². The molecule has 0 saturated carbocycles. The zero-order chi connectivity index (χ0) is 11.6. The van der Waals surface area contributed by atoms with Crippen LogP contribution in [0.4, 0.5) is 17.1 Å². The molecule has 4 heteroatoms. The zero-order valence-corrected chi connectivity index (χ0v) is 9.62. The summed E-state index contributed by atoms with van der Waals surface area (Å²) in [5, 5.41) is 1.66. The molecule has 0 fully saturated rings. The SMILES string of the molecule is CC(C)(C)CN(N)c1ccc(N)cc1N. The van der Waals surface area contributed by atoms with Gasteiger partial charge < -0.3 is 16.5 Å². The monoisotopic (exact) mass is 208 g/mol. The number of nitrogens with two attached hydrogens (primary N) is 3. The summed E-state index contributed by atoms with van der Waals surface area (Å²) in [6, 6.07) is 5.36. The molecule has 0 heterocycles. The molecule has 1 aromatic rings. The number of hydrogen-bond acceptors (Lipinski definition) is 4. The van der Waals surface area contributed by atoms with Crippen LogP contribution in [-0.2, 0) is 0 Å². The lowest BCUT2D eigenvalue weighted by Gasteiger charge is -2.28. The molecule has 6 N–H and O–H groups in total. The van der Waals surface area contributed by atoms with Gasteiger partial charge in [0, 0.05) is 12.2 Å². The van der Waals surface area contributed by atoms with Crippen molar-refractivity contribution >= 4 is 17.1 Å². The van der Waals surface area contributed by atoms with Gasteiger partial charge >= 0.3 is 0 Å². The van der Waals surface area contributed by atoms with Gasteiger partial charge in [0.1, 0.15) is 0 Å². The molecule has 15 heavy (non-hydrogen) atoms. The minimum absolute atomic E-state index is 0.128. The van der Waals surface area contributed by atoms with Crippen LogP contribution >= 0.6 is 0 Å². The molecule has 0 amide bonds. The summed E-state index contributed by atoms with van der Waals surface area (Å²) in [6.07, 6.45) is 0. The van der Waals surface area contributed by atoms with Gasteiger partial charge in [0.05, 0.1) is 11.4 Å². The van der Waals surface area contributed by atoms with Crippen molar-refractivity contribution in [3.63, 3.8) is 0 Å². The molecule has 84 valence electrons. The quantitative estimate of drug-likeness (QED) is 0.391. The van der Waals surface area contributed by atoms with Gasteiger partial charge in [-0.05, 0) is 23.6 Å². The van der Waals surface area contributed by atoms with E-state index in [1.807, 2.05) is 6.07 Å². The van der Waals surface area contributed by atoms with Gasteiger partial charge in [0.2, 0.25) is 0 Å². The molecule has 0 aliphatic heterocycles. The van der Waals surface area contributed by atoms with E-state index in [0.717, 1.165) is 12.2 Å². The number of nitrogens with zero attached hydrogens (tertiary/aromatic N) is 1. The van der Waals surface area contributed by atoms with Crippen molar-refractivity contribution in [3.05, 3.63) is 18.2 Å². The molecule has 0 saturated heterocycles. The summed E-state index contributed by atoms with van der Waals surface area (Å²) < 4.78 is 0. The number of rotatable bonds is 2. The van der Waals surface area contributed by atoms with E-state index in [0.29, 0.717) is 11.4 Å². The fraction of sp³-hybridized carbons (Fsp3) is 0.455. The van der Waals surface area contributed by atoms with Crippen molar-refractivity contribution in [1.29, 1.82) is 0 Å². The van der Waals surface area contributed by atoms with Crippen LogP contribution in [0.5, 0.6) is 0 Å². The Balaban J connectivity index is 2.87. The predicted molar refractivity (Wildman–Crippen MR) is 66.3 cm³/mol. The van der Waals surface area contributed by atoms with Gasteiger partial charge in [-0.15, -0.1) is 0 Å². The van der Waals surface area contributed by atoms with Crippen molar-refractivity contribution in [1.82, 2.24) is 0 Å². The second kappa shape index (κ2) is 3.98. The molecule has 0 atom stereocenters. The molecule has 0 aliphatic carbocycles. The van der Waals surface area contributed by atoms with Crippen LogP contribution in [0.2, 0.25) is 0 Å². The second-order valence-electron chi connectivity index (χ2n) is 5.01. The predicted octanol–water partition coefficient (Wildman–Crippen LogP) is 1.58. The summed E-state index contributed by atoms with van der Waals surface area (Å²) in [6.45, 7) is 7.11. The lowest BCUT2D eigenvalue weighted by molar-refractivity contribution is 0.412. The molecule has 4 nitrogen and oxygen atoms in total. The van der Waals surface area contributed by atoms with E-state index in [4.69, 9.17) is 17.3 Å². The first kappa shape index (κ1) is 11.7. The fourth-order valence-corrected chi connectivity index (χ4v) is 1.43. The summed E-state index contributed by atoms with van der Waals surface area (Å²) >= 11 is 0. The Bertz CT molecular complexity index is 341. The number of hydrogen-bond donors (Lipinski definition) is 3. The Labute approximate surface area is 91.0 Å². The Morgan fingerprint density at radius 1 is 1.20 bits per heavy atom. The summed E-state index contributed by atoms with van der Waals surface area (Å²) in [7, 11) is 0. The third-order valence-electron chi connectivity index (χ3n) is 2.01. The average molecular weight is 208 g/mol. The van der Waals surface area contributed by atoms with Gasteiger partial charge in [-0.3, -0.25) is 0 Å². The largest absolute Gasteiger partial charge is 0.399 e. The number of nitrogen functional groups attached to an aromatic ring is 2. The summed E-state index contributed by atoms with van der Waals surface area (Å²) in [5.74, 6) is 5.94. The third kappa shape index (κ3) is 3.32. The Kier molecular flexibility index (Phi) is 3.09. The standard InChI is InChI=1S/C11H20N4/c1-11(2,3)7-15(14)10-5-4-8(12)6-9(10)13/h4-6H,7,12-14H2,1-3H3. The van der Waals surface area contributed by atoms with Gasteiger partial charge in [0.25, 0.3) is 0 Å². The van der Waals surface area contributed by atoms with Crippen LogP contribution in [0.15, 0.2) is 18.2 Å². The van der Waals surface area contributed by atoms with E-state index < -0.39 is 0 Å². The smallest absolute Gasteiger partial charge is 0.0748 e. The van der Waals surface area contributed by atoms with Crippen LogP contribution in [0.1, 0.15) is 20.8 Å². The van der Waals surface area contributed by atoms with Crippen molar-refractivity contribution in [2.24, 2.45) is 11.3 Å². The molecule has 0 spiro atoms. The van der Waals surface area contributed by atoms with Crippen LogP contribution in [-0.4, -0.2) is 6.54 Å². The summed E-state index contributed by atoms with van der Waals surface area (Å²) in [5.41, 5.74) is 13.7. The van der Waals surface area contributed by atoms with Gasteiger partial charge in [-0.1, -0.05) is 20.8 Å². The van der Waals surface area contributed by atoms with Gasteiger partial charge in [-0.25, -0.2) is 5.84 Å². The molecule has 0 aliphatic rings. The Morgan fingerprint density at radius 3 is 2.27 bits per heavy atom. The second-order valence-corrected chi connectivity index (χ2v) is 5.01. The lowest BCUT2D eigenvalue weighted by atomic mass is 9.96. The average Bonchev–Trinajstić information content (AvgIpc) is 1.99. The topological polar surface area (TPSA) is 81.3 Å². The first-order chi connectivity index (χ1) is 6.79. The molecule has 1 aromatic carbocycles. The van der Waals surface area contributed by atoms with E-state index in [2.05, 4.69) is 20.8 Å². The highest BCUT2D eigenvalue weighted by molar-refractivity contribution is 5.71. The lowest BCUT2D eigenvalue weighted by Crippen LogP contribution is -2.38. The minimum Gasteiger partial charge on any atom is -0.399 e. The Hall–Kier alpha value is -1.42. The van der Waals surface area contributed by atoms with E-state index in [-0.39, 0.29) is 5.41 Å². The molecule has 1 rings (SSSR count). The highest BCUT2D eigenvalue weighted by Crippen LogP contribution is 2.26. The van der Waals surface area contributed by atoms with Crippen LogP contribution in [0, 0.1) is 5.41 Å². The van der Waals surface area contributed by atoms with E-state index in [9.17, 15) is 0 Å². The molecule has 0 radical (unpaired) electrons. The maximum Gasteiger partial charge on any atom is 0.0748 e. The van der Waals surface area contributed by atoms with Crippen molar-refractivity contribution in [2.75, 3.05) is 23.0 Å². The molecular weight excluding hydrogens is 188 g/mol. The zero-order valence-electron chi connectivity index (χ0n) is 9.62. The molecule has 0 aromatic heterocycles. The van der Waals surface area contributed by atoms with E-state index >= 15 is 0 Å². The van der Waals surface area contributed by atoms with Crippen molar-refractivity contribution in [3.8, 4) is 0 Å². The fourth-order valence-electron chi connectivity index (χ4n) is 1.43. The first-order valence-electron chi connectivity index (χ1n) is 4.97. The van der Waals surface area contributed by atoms with Gasteiger partial charge in [-0.2, -0.15) is 0 Å². The maximum atomic E-state index is 5.94. The summed E-state index contributed by atoms with van der Waals surface area (Å²) in [4.78, 5) is 0. The third-order valence-corrected chi connectivity index (χ3v) is 2.01. The highest BCUT2D eigenvalue weighted by atomic mass is 15.4. The van der Waals surface area contributed by atoms with Crippen LogP contribution < -0.4 is 22.3 Å². The molecule has 0 bridgehead atoms. The molecule has 0 unspecified atom stereocenters. The van der Waals surface area contributed by atoms with Crippen LogP contribution in [0.25, 0.3) is 0 Å². The number of anilines is 3. The highest BCUT2D eigenvalue weighted by Gasteiger charge is 2.15. The number of benzene rings is 1. The first-order valence-corrected chi connectivity index (χ1v) is 4.97. The Morgan fingerprint density at radius 2 is 1.80 bits per heavy atom. The van der Waals surface area contributed by atoms with Gasteiger partial charge in [0.15, 0.2) is 0 Å². The van der Waals surface area contributed by atoms with Crippen molar-refractivity contribution < 1.29 is 0 Å². The molecular formula is C11H20N4.